The predicted octanol–water partition coefficient (Wildman–Crippen LogP) is 0.806. The van der Waals surface area contributed by atoms with E-state index in [1.54, 1.807) is 25.1 Å². The minimum Gasteiger partial charge on any atom is -0.495 e. The van der Waals surface area contributed by atoms with Crippen molar-refractivity contribution in [2.24, 2.45) is 5.73 Å². The van der Waals surface area contributed by atoms with Crippen LogP contribution in [-0.4, -0.2) is 30.4 Å². The Balaban J connectivity index is 2.28. The van der Waals surface area contributed by atoms with Crippen molar-refractivity contribution in [1.29, 1.82) is 5.41 Å². The van der Waals surface area contributed by atoms with Gasteiger partial charge in [0.25, 0.3) is 0 Å². The quantitative estimate of drug-likeness (QED) is 0.389. The molecule has 4 N–H and O–H groups in total. The highest BCUT2D eigenvalue weighted by Crippen LogP contribution is 2.19. The van der Waals surface area contributed by atoms with Crippen molar-refractivity contribution in [3.05, 3.63) is 24.0 Å². The van der Waals surface area contributed by atoms with Crippen molar-refractivity contribution in [1.82, 2.24) is 10.3 Å². The fourth-order valence-electron chi connectivity index (χ4n) is 1.14. The maximum atomic E-state index is 6.98. The molecular weight excluding hydrogens is 224 g/mol. The number of hydrogen-bond acceptors (Lipinski definition) is 4. The van der Waals surface area contributed by atoms with Crippen LogP contribution in [0.5, 0.6) is 5.75 Å². The molecule has 0 spiro atoms. The monoisotopic (exact) mass is 240 g/mol. The zero-order valence-electron chi connectivity index (χ0n) is 9.19. The van der Waals surface area contributed by atoms with E-state index in [9.17, 15) is 0 Å². The second-order valence-electron chi connectivity index (χ2n) is 3.05. The number of aromatic nitrogens is 1. The van der Waals surface area contributed by atoms with Gasteiger partial charge in [-0.05, 0) is 12.1 Å². The molecule has 0 atom stereocenters. The molecule has 1 heterocycles. The van der Waals surface area contributed by atoms with Crippen LogP contribution in [0.1, 0.15) is 5.69 Å². The van der Waals surface area contributed by atoms with E-state index in [1.165, 1.54) is 0 Å². The van der Waals surface area contributed by atoms with E-state index < -0.39 is 0 Å². The van der Waals surface area contributed by atoms with Gasteiger partial charge in [0.15, 0.2) is 5.96 Å². The first-order valence-corrected chi connectivity index (χ1v) is 6.03. The zero-order valence-corrected chi connectivity index (χ0v) is 10.0. The molecule has 0 saturated carbocycles. The summed E-state index contributed by atoms with van der Waals surface area (Å²) in [5.74, 6) is 2.49. The van der Waals surface area contributed by atoms with Gasteiger partial charge in [-0.1, -0.05) is 0 Å². The van der Waals surface area contributed by atoms with E-state index >= 15 is 0 Å². The number of pyridine rings is 1. The molecule has 0 aliphatic heterocycles. The normalized spacial score (nSPS) is 9.81. The Hall–Kier alpha value is -1.43. The minimum absolute atomic E-state index is 0.0102. The van der Waals surface area contributed by atoms with Crippen LogP contribution in [-0.2, 0) is 5.75 Å². The Morgan fingerprint density at radius 1 is 1.69 bits per heavy atom. The molecule has 0 bridgehead atoms. The molecule has 16 heavy (non-hydrogen) atoms. The number of nitrogens with one attached hydrogen (secondary N) is 2. The van der Waals surface area contributed by atoms with Crippen LogP contribution in [0.15, 0.2) is 18.3 Å². The average molecular weight is 240 g/mol. The standard InChI is InChI=1S/C10H16N4OS/c1-15-9-3-2-4-13-8(9)7-16-6-5-14-10(11)12/h2-4H,5-7H2,1H3,(H4,11,12,14). The highest BCUT2D eigenvalue weighted by molar-refractivity contribution is 7.98. The number of ether oxygens (including phenoxy) is 1. The first-order chi connectivity index (χ1) is 7.74. The average Bonchev–Trinajstić information content (AvgIpc) is 2.29. The van der Waals surface area contributed by atoms with Crippen molar-refractivity contribution < 1.29 is 4.74 Å². The third-order valence-electron chi connectivity index (χ3n) is 1.87. The molecule has 0 radical (unpaired) electrons. The Labute approximate surface area is 99.3 Å². The van der Waals surface area contributed by atoms with Crippen LogP contribution in [0.4, 0.5) is 0 Å². The summed E-state index contributed by atoms with van der Waals surface area (Å²) in [4.78, 5) is 4.25. The SMILES string of the molecule is COc1cccnc1CSCCNC(=N)N. The van der Waals surface area contributed by atoms with Crippen LogP contribution in [0.2, 0.25) is 0 Å². The zero-order chi connectivity index (χ0) is 11.8. The van der Waals surface area contributed by atoms with Gasteiger partial charge >= 0.3 is 0 Å². The molecule has 0 saturated heterocycles. The fourth-order valence-corrected chi connectivity index (χ4v) is 1.95. The topological polar surface area (TPSA) is 84.0 Å². The van der Waals surface area contributed by atoms with E-state index in [-0.39, 0.29) is 5.96 Å². The van der Waals surface area contributed by atoms with Crippen molar-refractivity contribution >= 4 is 17.7 Å². The van der Waals surface area contributed by atoms with Gasteiger partial charge in [0, 0.05) is 24.2 Å². The Bertz CT molecular complexity index is 345. The summed E-state index contributed by atoms with van der Waals surface area (Å²) < 4.78 is 5.20. The van der Waals surface area contributed by atoms with Gasteiger partial charge in [-0.2, -0.15) is 11.8 Å². The molecule has 6 heteroatoms. The fraction of sp³-hybridized carbons (Fsp3) is 0.400. The molecule has 1 aromatic rings. The number of hydrogen-bond donors (Lipinski definition) is 3. The molecule has 0 fully saturated rings. The van der Waals surface area contributed by atoms with E-state index in [4.69, 9.17) is 15.9 Å². The summed E-state index contributed by atoms with van der Waals surface area (Å²) in [7, 11) is 1.64. The highest BCUT2D eigenvalue weighted by atomic mass is 32.2. The van der Waals surface area contributed by atoms with E-state index in [0.29, 0.717) is 6.54 Å². The number of methoxy groups -OCH3 is 1. The summed E-state index contributed by atoms with van der Waals surface area (Å²) in [5, 5.41) is 9.73. The first kappa shape index (κ1) is 12.6. The molecular formula is C10H16N4OS. The van der Waals surface area contributed by atoms with Crippen LogP contribution >= 0.6 is 11.8 Å². The maximum Gasteiger partial charge on any atom is 0.185 e. The number of rotatable bonds is 6. The molecule has 0 amide bonds. The van der Waals surface area contributed by atoms with Crippen LogP contribution in [0.3, 0.4) is 0 Å². The van der Waals surface area contributed by atoms with Gasteiger partial charge in [0.2, 0.25) is 0 Å². The molecule has 0 unspecified atom stereocenters. The van der Waals surface area contributed by atoms with Crippen molar-refractivity contribution in [3.8, 4) is 5.75 Å². The number of nitrogens with zero attached hydrogens (tertiary/aromatic N) is 1. The van der Waals surface area contributed by atoms with Crippen molar-refractivity contribution in [3.63, 3.8) is 0 Å². The summed E-state index contributed by atoms with van der Waals surface area (Å²) in [6.45, 7) is 0.690. The number of nitrogens with two attached hydrogens (primary N) is 1. The largest absolute Gasteiger partial charge is 0.495 e. The van der Waals surface area contributed by atoms with Gasteiger partial charge in [-0.15, -0.1) is 0 Å². The van der Waals surface area contributed by atoms with Crippen LogP contribution < -0.4 is 15.8 Å². The van der Waals surface area contributed by atoms with Crippen LogP contribution in [0, 0.1) is 5.41 Å². The Morgan fingerprint density at radius 3 is 3.19 bits per heavy atom. The second-order valence-corrected chi connectivity index (χ2v) is 4.15. The maximum absolute atomic E-state index is 6.98. The number of thioether (sulfide) groups is 1. The summed E-state index contributed by atoms with van der Waals surface area (Å²) in [5.41, 5.74) is 6.10. The second kappa shape index (κ2) is 6.95. The minimum atomic E-state index is 0.0102. The lowest BCUT2D eigenvalue weighted by atomic mass is 10.3. The molecule has 5 nitrogen and oxygen atoms in total. The third-order valence-corrected chi connectivity index (χ3v) is 2.84. The molecule has 0 aliphatic carbocycles. The lowest BCUT2D eigenvalue weighted by Gasteiger charge is -2.07. The van der Waals surface area contributed by atoms with Gasteiger partial charge in [0.1, 0.15) is 5.75 Å². The molecule has 88 valence electrons. The van der Waals surface area contributed by atoms with E-state index in [0.717, 1.165) is 22.9 Å². The Morgan fingerprint density at radius 2 is 2.50 bits per heavy atom. The summed E-state index contributed by atoms with van der Waals surface area (Å²) in [6.07, 6.45) is 1.76. The number of guanidine groups is 1. The van der Waals surface area contributed by atoms with Gasteiger partial charge in [-0.25, -0.2) is 0 Å². The Kier molecular flexibility index (Phi) is 5.49. The van der Waals surface area contributed by atoms with Crippen molar-refractivity contribution in [2.75, 3.05) is 19.4 Å². The summed E-state index contributed by atoms with van der Waals surface area (Å²) >= 11 is 1.72. The smallest absolute Gasteiger partial charge is 0.185 e. The van der Waals surface area contributed by atoms with Gasteiger partial charge in [0.05, 0.1) is 12.8 Å². The van der Waals surface area contributed by atoms with E-state index in [2.05, 4.69) is 10.3 Å². The molecule has 1 aromatic heterocycles. The van der Waals surface area contributed by atoms with E-state index in [1.807, 2.05) is 12.1 Å². The highest BCUT2D eigenvalue weighted by Gasteiger charge is 2.02. The first-order valence-electron chi connectivity index (χ1n) is 4.87. The van der Waals surface area contributed by atoms with Gasteiger partial charge < -0.3 is 15.8 Å². The lowest BCUT2D eigenvalue weighted by molar-refractivity contribution is 0.409. The van der Waals surface area contributed by atoms with Crippen LogP contribution in [0.25, 0.3) is 0 Å². The lowest BCUT2D eigenvalue weighted by Crippen LogP contribution is -2.31. The predicted molar refractivity (Wildman–Crippen MR) is 66.9 cm³/mol. The third kappa shape index (κ3) is 4.39. The van der Waals surface area contributed by atoms with Crippen molar-refractivity contribution in [2.45, 2.75) is 5.75 Å². The molecule has 1 rings (SSSR count). The summed E-state index contributed by atoms with van der Waals surface area (Å²) in [6, 6.07) is 3.75. The molecule has 0 aliphatic rings. The molecule has 0 aromatic carbocycles. The van der Waals surface area contributed by atoms with Gasteiger partial charge in [-0.3, -0.25) is 10.4 Å².